The molecule has 4 saturated carbocycles. The summed E-state index contributed by atoms with van der Waals surface area (Å²) < 4.78 is 2.12. The summed E-state index contributed by atoms with van der Waals surface area (Å²) >= 11 is 0. The Morgan fingerprint density at radius 3 is 2.63 bits per heavy atom. The van der Waals surface area contributed by atoms with Crippen molar-refractivity contribution in [1.29, 1.82) is 0 Å². The highest BCUT2D eigenvalue weighted by Crippen LogP contribution is 2.56. The Hall–Kier alpha value is -2.08. The number of pyridine rings is 1. The first-order valence-corrected chi connectivity index (χ1v) is 10.1. The maximum Gasteiger partial charge on any atom is 0.252 e. The number of amides is 1. The summed E-state index contributed by atoms with van der Waals surface area (Å²) in [6.45, 7) is 4.24. The van der Waals surface area contributed by atoms with Crippen molar-refractivity contribution in [3.63, 3.8) is 0 Å². The third kappa shape index (κ3) is 2.57. The first-order valence-electron chi connectivity index (χ1n) is 10.1. The molecular formula is C21H28N4O2. The van der Waals surface area contributed by atoms with Crippen LogP contribution in [0.25, 0.3) is 11.0 Å². The number of carbonyl (C=O) groups is 1. The van der Waals surface area contributed by atoms with Gasteiger partial charge in [0.15, 0.2) is 0 Å². The quantitative estimate of drug-likeness (QED) is 0.773. The average Bonchev–Trinajstić information content (AvgIpc) is 3.00. The summed E-state index contributed by atoms with van der Waals surface area (Å²) in [5, 5.41) is 15.5. The molecule has 4 bridgehead atoms. The fraction of sp³-hybridized carbons (Fsp3) is 0.619. The molecule has 0 aliphatic heterocycles. The minimum Gasteiger partial charge on any atom is -0.390 e. The number of aliphatic hydroxyl groups is 1. The molecule has 5 atom stereocenters. The molecule has 2 heterocycles. The van der Waals surface area contributed by atoms with Crippen molar-refractivity contribution in [2.45, 2.75) is 63.6 Å². The second-order valence-electron chi connectivity index (χ2n) is 9.33. The lowest BCUT2D eigenvalue weighted by atomic mass is 9.52. The highest BCUT2D eigenvalue weighted by molar-refractivity contribution is 6.06. The number of rotatable bonds is 4. The number of aromatic nitrogens is 2. The van der Waals surface area contributed by atoms with Crippen LogP contribution in [0.5, 0.6) is 0 Å². The smallest absolute Gasteiger partial charge is 0.252 e. The van der Waals surface area contributed by atoms with Crippen LogP contribution in [0.1, 0.15) is 62.4 Å². The van der Waals surface area contributed by atoms with E-state index < -0.39 is 11.5 Å². The van der Waals surface area contributed by atoms with E-state index in [1.807, 2.05) is 12.3 Å². The van der Waals surface area contributed by atoms with Gasteiger partial charge in [0.25, 0.3) is 5.91 Å². The fourth-order valence-corrected chi connectivity index (χ4v) is 6.25. The van der Waals surface area contributed by atoms with Gasteiger partial charge in [-0.1, -0.05) is 0 Å². The van der Waals surface area contributed by atoms with Crippen molar-refractivity contribution in [3.05, 3.63) is 24.0 Å². The highest BCUT2D eigenvalue weighted by Gasteiger charge is 2.54. The van der Waals surface area contributed by atoms with Crippen LogP contribution < -0.4 is 11.1 Å². The van der Waals surface area contributed by atoms with E-state index in [2.05, 4.69) is 28.7 Å². The minimum atomic E-state index is -0.463. The van der Waals surface area contributed by atoms with Crippen LogP contribution in [0.3, 0.4) is 0 Å². The molecule has 4 fully saturated rings. The van der Waals surface area contributed by atoms with Crippen LogP contribution in [0, 0.1) is 17.8 Å². The first-order chi connectivity index (χ1) is 12.8. The average molecular weight is 368 g/mol. The number of nitrogens with two attached hydrogens (primary N) is 1. The van der Waals surface area contributed by atoms with E-state index in [1.165, 1.54) is 12.8 Å². The van der Waals surface area contributed by atoms with Crippen molar-refractivity contribution < 1.29 is 9.90 Å². The van der Waals surface area contributed by atoms with Gasteiger partial charge in [-0.15, -0.1) is 0 Å². The molecule has 0 radical (unpaired) electrons. The third-order valence-electron chi connectivity index (χ3n) is 7.12. The Morgan fingerprint density at radius 2 is 2.04 bits per heavy atom. The van der Waals surface area contributed by atoms with Gasteiger partial charge in [-0.3, -0.25) is 4.79 Å². The summed E-state index contributed by atoms with van der Waals surface area (Å²) in [6.07, 6.45) is 8.67. The number of nitrogens with zero attached hydrogens (tertiary/aromatic N) is 2. The second-order valence-corrected chi connectivity index (χ2v) is 9.33. The van der Waals surface area contributed by atoms with E-state index in [-0.39, 0.29) is 12.1 Å². The summed E-state index contributed by atoms with van der Waals surface area (Å²) in [5.74, 6) is 1.11. The number of fused-ring (bicyclic) bond motifs is 1. The lowest BCUT2D eigenvalue weighted by Gasteiger charge is -2.58. The molecule has 144 valence electrons. The Labute approximate surface area is 159 Å². The lowest BCUT2D eigenvalue weighted by molar-refractivity contribution is -0.129. The molecule has 4 aliphatic rings. The predicted octanol–water partition coefficient (Wildman–Crippen LogP) is 3.07. The molecule has 2 aromatic rings. The van der Waals surface area contributed by atoms with Gasteiger partial charge in [0.2, 0.25) is 0 Å². The molecule has 6 heteroatoms. The van der Waals surface area contributed by atoms with Crippen LogP contribution in [0.15, 0.2) is 18.5 Å². The molecule has 0 spiro atoms. The Bertz CT molecular complexity index is 902. The van der Waals surface area contributed by atoms with E-state index in [0.717, 1.165) is 36.0 Å². The first kappa shape index (κ1) is 17.0. The van der Waals surface area contributed by atoms with Crippen molar-refractivity contribution in [2.75, 3.05) is 5.32 Å². The zero-order valence-corrected chi connectivity index (χ0v) is 16.0. The summed E-state index contributed by atoms with van der Waals surface area (Å²) in [7, 11) is 0. The molecule has 2 aromatic heterocycles. The number of hydrogen-bond donors (Lipinski definition) is 3. The van der Waals surface area contributed by atoms with E-state index in [9.17, 15) is 9.90 Å². The van der Waals surface area contributed by atoms with Crippen LogP contribution >= 0.6 is 0 Å². The molecule has 4 aliphatic carbocycles. The zero-order valence-electron chi connectivity index (χ0n) is 16.0. The number of nitrogens with one attached hydrogen (secondary N) is 1. The number of primary amides is 1. The van der Waals surface area contributed by atoms with Crippen molar-refractivity contribution in [2.24, 2.45) is 23.5 Å². The maximum absolute atomic E-state index is 12.1. The van der Waals surface area contributed by atoms with Crippen LogP contribution in [0.2, 0.25) is 0 Å². The van der Waals surface area contributed by atoms with Gasteiger partial charge in [-0.25, -0.2) is 4.98 Å². The molecule has 6 nitrogen and oxygen atoms in total. The van der Waals surface area contributed by atoms with Gasteiger partial charge < -0.3 is 20.7 Å². The monoisotopic (exact) mass is 368 g/mol. The molecule has 0 saturated heterocycles. The normalized spacial score (nSPS) is 34.5. The standard InChI is InChI=1S/C21H28N4O2/c1-11(2)25-4-3-15-18(16(19(22)26)10-23-20(15)25)24-17-13-5-12-6-14(17)9-21(27,7-12)8-13/h3-4,10-14,17,27H,5-9H2,1-2H3,(H2,22,26)(H,23,24)/t12?,13-,14?,17?,21?/m1/s1. The van der Waals surface area contributed by atoms with Crippen molar-refractivity contribution in [3.8, 4) is 0 Å². The molecule has 1 amide bonds. The minimum absolute atomic E-state index is 0.285. The third-order valence-corrected chi connectivity index (χ3v) is 7.12. The number of anilines is 1. The molecule has 27 heavy (non-hydrogen) atoms. The largest absolute Gasteiger partial charge is 0.390 e. The van der Waals surface area contributed by atoms with E-state index in [4.69, 9.17) is 5.73 Å². The van der Waals surface area contributed by atoms with Crippen LogP contribution in [-0.2, 0) is 0 Å². The Balaban J connectivity index is 1.56. The topological polar surface area (TPSA) is 93.2 Å². The number of carbonyl (C=O) groups excluding carboxylic acids is 1. The highest BCUT2D eigenvalue weighted by atomic mass is 16.3. The molecular weight excluding hydrogens is 340 g/mol. The summed E-state index contributed by atoms with van der Waals surface area (Å²) in [5.41, 5.74) is 7.36. The summed E-state index contributed by atoms with van der Waals surface area (Å²) in [6, 6.07) is 2.60. The SMILES string of the molecule is CC(C)n1ccc2c(NC3C4CC5C[C@@H]3CC(O)(C5)C4)c(C(N)=O)cnc21. The van der Waals surface area contributed by atoms with Gasteiger partial charge >= 0.3 is 0 Å². The summed E-state index contributed by atoms with van der Waals surface area (Å²) in [4.78, 5) is 16.6. The van der Waals surface area contributed by atoms with Crippen LogP contribution in [-0.4, -0.2) is 32.2 Å². The molecule has 4 unspecified atom stereocenters. The van der Waals surface area contributed by atoms with E-state index >= 15 is 0 Å². The van der Waals surface area contributed by atoms with E-state index in [0.29, 0.717) is 23.3 Å². The zero-order chi connectivity index (χ0) is 18.9. The van der Waals surface area contributed by atoms with Crippen molar-refractivity contribution in [1.82, 2.24) is 9.55 Å². The molecule has 4 N–H and O–H groups in total. The van der Waals surface area contributed by atoms with Gasteiger partial charge in [-0.05, 0) is 69.8 Å². The predicted molar refractivity (Wildman–Crippen MR) is 105 cm³/mol. The second kappa shape index (κ2) is 5.71. The number of hydrogen-bond acceptors (Lipinski definition) is 4. The van der Waals surface area contributed by atoms with Gasteiger partial charge in [-0.2, -0.15) is 0 Å². The lowest BCUT2D eigenvalue weighted by Crippen LogP contribution is -2.59. The van der Waals surface area contributed by atoms with E-state index in [1.54, 1.807) is 6.20 Å². The van der Waals surface area contributed by atoms with Gasteiger partial charge in [0.05, 0.1) is 16.9 Å². The Morgan fingerprint density at radius 1 is 1.33 bits per heavy atom. The maximum atomic E-state index is 12.1. The van der Waals surface area contributed by atoms with Gasteiger partial charge in [0.1, 0.15) is 5.65 Å². The van der Waals surface area contributed by atoms with Crippen LogP contribution in [0.4, 0.5) is 5.69 Å². The molecule has 0 aromatic carbocycles. The Kier molecular flexibility index (Phi) is 3.60. The van der Waals surface area contributed by atoms with Crippen molar-refractivity contribution >= 4 is 22.6 Å². The molecule has 6 rings (SSSR count). The fourth-order valence-electron chi connectivity index (χ4n) is 6.25. The van der Waals surface area contributed by atoms with Gasteiger partial charge in [0, 0.05) is 29.9 Å².